The number of carbonyl (C=O) groups is 1. The first-order valence-corrected chi connectivity index (χ1v) is 14.1. The molecule has 8 heteroatoms. The van der Waals surface area contributed by atoms with Crippen LogP contribution in [0.3, 0.4) is 0 Å². The number of ether oxygens (including phenoxy) is 1. The number of amides is 1. The van der Waals surface area contributed by atoms with E-state index in [1.807, 2.05) is 42.5 Å². The van der Waals surface area contributed by atoms with E-state index in [0.29, 0.717) is 23.7 Å². The summed E-state index contributed by atoms with van der Waals surface area (Å²) in [5.74, 6) is 0.885. The minimum atomic E-state index is -3.71. The van der Waals surface area contributed by atoms with Crippen molar-refractivity contribution >= 4 is 27.3 Å². The molecule has 1 fully saturated rings. The maximum atomic E-state index is 13.0. The van der Waals surface area contributed by atoms with Crippen LogP contribution in [0.25, 0.3) is 0 Å². The second-order valence-electron chi connectivity index (χ2n) is 9.08. The number of anilines is 2. The fourth-order valence-corrected chi connectivity index (χ4v) is 5.58. The Hall–Kier alpha value is -3.52. The highest BCUT2D eigenvalue weighted by Gasteiger charge is 2.29. The van der Waals surface area contributed by atoms with Crippen LogP contribution >= 0.6 is 0 Å². The minimum Gasteiger partial charge on any atom is -0.457 e. The van der Waals surface area contributed by atoms with Crippen molar-refractivity contribution in [2.45, 2.75) is 38.8 Å². The predicted molar refractivity (Wildman–Crippen MR) is 144 cm³/mol. The van der Waals surface area contributed by atoms with Crippen molar-refractivity contribution < 1.29 is 17.9 Å². The maximum Gasteiger partial charge on any atom is 0.243 e. The Bertz CT molecular complexity index is 1240. The van der Waals surface area contributed by atoms with Gasteiger partial charge in [-0.25, -0.2) is 8.42 Å². The molecule has 1 amide bonds. The Labute approximate surface area is 213 Å². The van der Waals surface area contributed by atoms with E-state index in [4.69, 9.17) is 4.74 Å². The number of rotatable bonds is 9. The van der Waals surface area contributed by atoms with Crippen molar-refractivity contribution in [1.29, 1.82) is 0 Å². The van der Waals surface area contributed by atoms with Gasteiger partial charge in [-0.05, 0) is 80.3 Å². The molecule has 0 bridgehead atoms. The number of sulfonamides is 1. The van der Waals surface area contributed by atoms with Crippen molar-refractivity contribution in [3.8, 4) is 11.5 Å². The zero-order valence-corrected chi connectivity index (χ0v) is 21.6. The van der Waals surface area contributed by atoms with Gasteiger partial charge in [0, 0.05) is 25.3 Å². The molecule has 0 radical (unpaired) electrons. The lowest BCUT2D eigenvalue weighted by atomic mass is 10.1. The lowest BCUT2D eigenvalue weighted by Crippen LogP contribution is -2.47. The second kappa shape index (κ2) is 11.5. The first-order valence-electron chi connectivity index (χ1n) is 12.3. The lowest BCUT2D eigenvalue weighted by Gasteiger charge is -2.29. The first kappa shape index (κ1) is 25.6. The van der Waals surface area contributed by atoms with Gasteiger partial charge in [-0.1, -0.05) is 30.3 Å². The fraction of sp³-hybridized carbons (Fsp3) is 0.321. The third kappa shape index (κ3) is 6.57. The average molecular weight is 508 g/mol. The van der Waals surface area contributed by atoms with Crippen molar-refractivity contribution in [3.05, 3.63) is 84.4 Å². The third-order valence-corrected chi connectivity index (χ3v) is 7.52. The van der Waals surface area contributed by atoms with Crippen LogP contribution in [0.15, 0.2) is 78.9 Å². The summed E-state index contributed by atoms with van der Waals surface area (Å²) in [4.78, 5) is 15.3. The fourth-order valence-electron chi connectivity index (χ4n) is 4.41. The van der Waals surface area contributed by atoms with E-state index in [2.05, 4.69) is 22.3 Å². The van der Waals surface area contributed by atoms with E-state index in [1.165, 1.54) is 24.9 Å². The molecule has 1 atom stereocenters. The van der Waals surface area contributed by atoms with Crippen molar-refractivity contribution in [1.82, 2.24) is 5.32 Å². The molecule has 190 valence electrons. The van der Waals surface area contributed by atoms with Crippen LogP contribution in [0.1, 0.15) is 31.7 Å². The molecule has 0 aromatic heterocycles. The molecule has 1 heterocycles. The monoisotopic (exact) mass is 507 g/mol. The average Bonchev–Trinajstić information content (AvgIpc) is 2.89. The van der Waals surface area contributed by atoms with Crippen LogP contribution in [0.4, 0.5) is 11.4 Å². The number of nitrogens with one attached hydrogen (secondary N) is 1. The summed E-state index contributed by atoms with van der Waals surface area (Å²) in [5, 5.41) is 2.88. The zero-order chi connectivity index (χ0) is 25.5. The molecule has 1 aliphatic heterocycles. The number of piperidine rings is 1. The Morgan fingerprint density at radius 2 is 1.53 bits per heavy atom. The van der Waals surface area contributed by atoms with Crippen LogP contribution in [-0.4, -0.2) is 39.7 Å². The van der Waals surface area contributed by atoms with Crippen LogP contribution in [-0.2, 0) is 21.4 Å². The van der Waals surface area contributed by atoms with E-state index in [-0.39, 0.29) is 5.91 Å². The Morgan fingerprint density at radius 1 is 0.917 bits per heavy atom. The number of carbonyl (C=O) groups excluding carboxylic acids is 1. The van der Waals surface area contributed by atoms with Crippen LogP contribution < -0.4 is 19.3 Å². The molecule has 4 rings (SSSR count). The van der Waals surface area contributed by atoms with Gasteiger partial charge in [0.1, 0.15) is 17.5 Å². The van der Waals surface area contributed by atoms with Crippen molar-refractivity contribution in [2.24, 2.45) is 0 Å². The Morgan fingerprint density at radius 3 is 2.14 bits per heavy atom. The molecule has 7 nitrogen and oxygen atoms in total. The lowest BCUT2D eigenvalue weighted by molar-refractivity contribution is -0.122. The topological polar surface area (TPSA) is 79.0 Å². The van der Waals surface area contributed by atoms with E-state index in [9.17, 15) is 13.2 Å². The SMILES string of the molecule is CC(C(=O)NCc1ccc(N2CCCCC2)cc1)N(c1ccc(Oc2ccccc2)cc1)S(C)(=O)=O. The second-order valence-corrected chi connectivity index (χ2v) is 10.9. The summed E-state index contributed by atoms with van der Waals surface area (Å²) >= 11 is 0. The van der Waals surface area contributed by atoms with Gasteiger partial charge >= 0.3 is 0 Å². The number of nitrogens with zero attached hydrogens (tertiary/aromatic N) is 2. The Kier molecular flexibility index (Phi) is 8.15. The highest BCUT2D eigenvalue weighted by molar-refractivity contribution is 7.92. The molecule has 3 aromatic rings. The zero-order valence-electron chi connectivity index (χ0n) is 20.8. The number of para-hydroxylation sites is 1. The largest absolute Gasteiger partial charge is 0.457 e. The van der Waals surface area contributed by atoms with Gasteiger partial charge in [0.25, 0.3) is 0 Å². The molecular formula is C28H33N3O4S. The maximum absolute atomic E-state index is 13.0. The minimum absolute atomic E-state index is 0.324. The Balaban J connectivity index is 1.39. The van der Waals surface area contributed by atoms with E-state index < -0.39 is 16.1 Å². The van der Waals surface area contributed by atoms with Crippen LogP contribution in [0.2, 0.25) is 0 Å². The van der Waals surface area contributed by atoms with Crippen LogP contribution in [0.5, 0.6) is 11.5 Å². The summed E-state index contributed by atoms with van der Waals surface area (Å²) < 4.78 is 32.2. The third-order valence-electron chi connectivity index (χ3n) is 6.28. The van der Waals surface area contributed by atoms with Gasteiger partial charge < -0.3 is 15.0 Å². The number of benzene rings is 3. The van der Waals surface area contributed by atoms with E-state index >= 15 is 0 Å². The molecule has 0 spiro atoms. The van der Waals surface area contributed by atoms with Crippen LogP contribution in [0, 0.1) is 0 Å². The molecule has 0 saturated carbocycles. The van der Waals surface area contributed by atoms with E-state index in [0.717, 1.165) is 29.2 Å². The molecule has 36 heavy (non-hydrogen) atoms. The predicted octanol–water partition coefficient (Wildman–Crippen LogP) is 4.94. The molecule has 1 saturated heterocycles. The standard InChI is InChI=1S/C28H33N3O4S/c1-22(28(32)29-21-23-11-13-24(14-12-23)30-19-7-4-8-20-30)31(36(2,33)34)25-15-17-27(18-16-25)35-26-9-5-3-6-10-26/h3,5-6,9-18,22H,4,7-8,19-21H2,1-2H3,(H,29,32). The van der Waals surface area contributed by atoms with Gasteiger partial charge in [0.2, 0.25) is 15.9 Å². The highest BCUT2D eigenvalue weighted by Crippen LogP contribution is 2.27. The normalized spacial score (nSPS) is 14.7. The highest BCUT2D eigenvalue weighted by atomic mass is 32.2. The summed E-state index contributed by atoms with van der Waals surface area (Å²) in [7, 11) is -3.71. The van der Waals surface area contributed by atoms with Crippen molar-refractivity contribution in [3.63, 3.8) is 0 Å². The molecule has 0 aliphatic carbocycles. The molecule has 1 N–H and O–H groups in total. The molecule has 1 aliphatic rings. The smallest absolute Gasteiger partial charge is 0.243 e. The van der Waals surface area contributed by atoms with Gasteiger partial charge in [-0.15, -0.1) is 0 Å². The summed E-state index contributed by atoms with van der Waals surface area (Å²) in [5.41, 5.74) is 2.55. The summed E-state index contributed by atoms with van der Waals surface area (Å²) in [6, 6.07) is 23.2. The van der Waals surface area contributed by atoms with Gasteiger partial charge in [0.05, 0.1) is 11.9 Å². The van der Waals surface area contributed by atoms with E-state index in [1.54, 1.807) is 31.2 Å². The first-order chi connectivity index (χ1) is 17.3. The molecule has 3 aromatic carbocycles. The summed E-state index contributed by atoms with van der Waals surface area (Å²) in [6.45, 7) is 4.07. The van der Waals surface area contributed by atoms with Crippen molar-refractivity contribution in [2.75, 3.05) is 28.6 Å². The van der Waals surface area contributed by atoms with Gasteiger partial charge in [0.15, 0.2) is 0 Å². The number of hydrogen-bond donors (Lipinski definition) is 1. The number of hydrogen-bond acceptors (Lipinski definition) is 5. The van der Waals surface area contributed by atoms with Gasteiger partial charge in [-0.2, -0.15) is 0 Å². The van der Waals surface area contributed by atoms with Gasteiger partial charge in [-0.3, -0.25) is 9.10 Å². The summed E-state index contributed by atoms with van der Waals surface area (Å²) in [6.07, 6.45) is 4.82. The quantitative estimate of drug-likeness (QED) is 0.444. The molecule has 1 unspecified atom stereocenters. The molecular weight excluding hydrogens is 474 g/mol.